The van der Waals surface area contributed by atoms with Crippen molar-refractivity contribution in [2.24, 2.45) is 0 Å². The molecule has 0 saturated carbocycles. The number of hydrogen-bond acceptors (Lipinski definition) is 4. The molecule has 1 fully saturated rings. The first kappa shape index (κ1) is 9.73. The number of nitrogens with zero attached hydrogens (tertiary/aromatic N) is 2. The lowest BCUT2D eigenvalue weighted by atomic mass is 10.2. The van der Waals surface area contributed by atoms with E-state index in [9.17, 15) is 4.21 Å². The Labute approximate surface area is 85.6 Å². The Bertz CT molecular complexity index is 311. The van der Waals surface area contributed by atoms with E-state index in [1.165, 1.54) is 0 Å². The van der Waals surface area contributed by atoms with Crippen LogP contribution in [0.4, 0.5) is 0 Å². The van der Waals surface area contributed by atoms with Crippen LogP contribution < -0.4 is 5.32 Å². The number of rotatable bonds is 2. The van der Waals surface area contributed by atoms with Gasteiger partial charge in [-0.2, -0.15) is 0 Å². The lowest BCUT2D eigenvalue weighted by molar-refractivity contribution is 0.519. The standard InChI is InChI=1S/C9H13N3OS/c13-14(8-2-1-3-10-6-8)9-7-11-4-5-12-9/h4-5,7-8,10H,1-3,6H2. The highest BCUT2D eigenvalue weighted by molar-refractivity contribution is 7.85. The van der Waals surface area contributed by atoms with Gasteiger partial charge in [-0.1, -0.05) is 0 Å². The molecule has 2 rings (SSSR count). The van der Waals surface area contributed by atoms with Crippen LogP contribution >= 0.6 is 0 Å². The van der Waals surface area contributed by atoms with Crippen molar-refractivity contribution >= 4 is 10.8 Å². The van der Waals surface area contributed by atoms with Gasteiger partial charge in [0.1, 0.15) is 5.03 Å². The SMILES string of the molecule is O=S(c1cnccn1)C1CCCNC1. The molecular weight excluding hydrogens is 198 g/mol. The van der Waals surface area contributed by atoms with Crippen LogP contribution in [0.25, 0.3) is 0 Å². The molecule has 0 spiro atoms. The molecular formula is C9H13N3OS. The van der Waals surface area contributed by atoms with Crippen molar-refractivity contribution in [1.82, 2.24) is 15.3 Å². The molecule has 1 aromatic rings. The van der Waals surface area contributed by atoms with Crippen molar-refractivity contribution in [3.05, 3.63) is 18.6 Å². The summed E-state index contributed by atoms with van der Waals surface area (Å²) in [5.74, 6) is 0. The third-order valence-corrected chi connectivity index (χ3v) is 3.93. The van der Waals surface area contributed by atoms with Gasteiger partial charge >= 0.3 is 0 Å². The summed E-state index contributed by atoms with van der Waals surface area (Å²) in [5.41, 5.74) is 0. The predicted molar refractivity (Wildman–Crippen MR) is 54.3 cm³/mol. The van der Waals surface area contributed by atoms with Gasteiger partial charge in [0, 0.05) is 18.9 Å². The topological polar surface area (TPSA) is 54.9 Å². The van der Waals surface area contributed by atoms with Crippen LogP contribution in [0.5, 0.6) is 0 Å². The molecule has 0 radical (unpaired) electrons. The second-order valence-electron chi connectivity index (χ2n) is 3.31. The van der Waals surface area contributed by atoms with E-state index in [2.05, 4.69) is 15.3 Å². The smallest absolute Gasteiger partial charge is 0.145 e. The summed E-state index contributed by atoms with van der Waals surface area (Å²) in [7, 11) is -1.01. The second kappa shape index (κ2) is 4.61. The summed E-state index contributed by atoms with van der Waals surface area (Å²) >= 11 is 0. The van der Waals surface area contributed by atoms with Crippen LogP contribution in [-0.2, 0) is 10.8 Å². The van der Waals surface area contributed by atoms with Gasteiger partial charge in [-0.15, -0.1) is 0 Å². The molecule has 1 aliphatic rings. The van der Waals surface area contributed by atoms with Crippen LogP contribution in [0.15, 0.2) is 23.6 Å². The zero-order valence-corrected chi connectivity index (χ0v) is 8.67. The Morgan fingerprint density at radius 1 is 1.50 bits per heavy atom. The molecule has 0 aromatic carbocycles. The third kappa shape index (κ3) is 2.16. The van der Waals surface area contributed by atoms with E-state index in [-0.39, 0.29) is 5.25 Å². The number of piperidine rings is 1. The minimum Gasteiger partial charge on any atom is -0.316 e. The summed E-state index contributed by atoms with van der Waals surface area (Å²) in [4.78, 5) is 7.99. The maximum atomic E-state index is 12.0. The van der Waals surface area contributed by atoms with Gasteiger partial charge in [0.15, 0.2) is 0 Å². The molecule has 2 unspecified atom stereocenters. The lowest BCUT2D eigenvalue weighted by Crippen LogP contribution is -2.36. The average Bonchev–Trinajstić information content (AvgIpc) is 2.30. The predicted octanol–water partition coefficient (Wildman–Crippen LogP) is 0.336. The average molecular weight is 211 g/mol. The van der Waals surface area contributed by atoms with Crippen molar-refractivity contribution in [3.8, 4) is 0 Å². The van der Waals surface area contributed by atoms with E-state index in [4.69, 9.17) is 0 Å². The second-order valence-corrected chi connectivity index (χ2v) is 4.99. The molecule has 1 saturated heterocycles. The highest BCUT2D eigenvalue weighted by Gasteiger charge is 2.21. The van der Waals surface area contributed by atoms with Gasteiger partial charge < -0.3 is 5.32 Å². The van der Waals surface area contributed by atoms with Crippen molar-refractivity contribution < 1.29 is 4.21 Å². The third-order valence-electron chi connectivity index (χ3n) is 2.30. The van der Waals surface area contributed by atoms with Crippen molar-refractivity contribution in [2.45, 2.75) is 23.1 Å². The minimum absolute atomic E-state index is 0.195. The molecule has 1 aliphatic heterocycles. The maximum absolute atomic E-state index is 12.0. The molecule has 2 atom stereocenters. The fourth-order valence-electron chi connectivity index (χ4n) is 1.56. The summed E-state index contributed by atoms with van der Waals surface area (Å²) < 4.78 is 12.0. The lowest BCUT2D eigenvalue weighted by Gasteiger charge is -2.21. The van der Waals surface area contributed by atoms with Crippen molar-refractivity contribution in [2.75, 3.05) is 13.1 Å². The normalized spacial score (nSPS) is 24.4. The van der Waals surface area contributed by atoms with Crippen LogP contribution in [0.3, 0.4) is 0 Å². The Balaban J connectivity index is 2.07. The molecule has 14 heavy (non-hydrogen) atoms. The van der Waals surface area contributed by atoms with Gasteiger partial charge in [-0.05, 0) is 19.4 Å². The number of aromatic nitrogens is 2. The zero-order chi connectivity index (χ0) is 9.80. The minimum atomic E-state index is -1.01. The van der Waals surface area contributed by atoms with E-state index in [1.807, 2.05) is 0 Å². The maximum Gasteiger partial charge on any atom is 0.145 e. The summed E-state index contributed by atoms with van der Waals surface area (Å²) in [6.45, 7) is 1.86. The monoisotopic (exact) mass is 211 g/mol. The number of hydrogen-bond donors (Lipinski definition) is 1. The zero-order valence-electron chi connectivity index (χ0n) is 7.85. The fourth-order valence-corrected chi connectivity index (χ4v) is 2.88. The van der Waals surface area contributed by atoms with Gasteiger partial charge in [0.25, 0.3) is 0 Å². The molecule has 0 bridgehead atoms. The number of nitrogens with one attached hydrogen (secondary N) is 1. The van der Waals surface area contributed by atoms with Gasteiger partial charge in [-0.25, -0.2) is 4.98 Å². The van der Waals surface area contributed by atoms with Gasteiger partial charge in [0.2, 0.25) is 0 Å². The van der Waals surface area contributed by atoms with Crippen LogP contribution in [-0.4, -0.2) is 32.5 Å². The Hall–Kier alpha value is -0.810. The molecule has 0 amide bonds. The first-order valence-electron chi connectivity index (χ1n) is 4.75. The highest BCUT2D eigenvalue weighted by Crippen LogP contribution is 2.13. The van der Waals surface area contributed by atoms with E-state index in [0.29, 0.717) is 5.03 Å². The molecule has 0 aliphatic carbocycles. The largest absolute Gasteiger partial charge is 0.316 e. The van der Waals surface area contributed by atoms with Crippen molar-refractivity contribution in [1.29, 1.82) is 0 Å². The van der Waals surface area contributed by atoms with Gasteiger partial charge in [0.05, 0.1) is 22.2 Å². The Morgan fingerprint density at radius 3 is 3.07 bits per heavy atom. The molecule has 1 N–H and O–H groups in total. The van der Waals surface area contributed by atoms with E-state index < -0.39 is 10.8 Å². The molecule has 2 heterocycles. The van der Waals surface area contributed by atoms with E-state index in [1.54, 1.807) is 18.6 Å². The first-order chi connectivity index (χ1) is 6.88. The fraction of sp³-hybridized carbons (Fsp3) is 0.556. The summed E-state index contributed by atoms with van der Waals surface area (Å²) in [6.07, 6.45) is 6.88. The van der Waals surface area contributed by atoms with Crippen LogP contribution in [0.1, 0.15) is 12.8 Å². The van der Waals surface area contributed by atoms with Gasteiger partial charge in [-0.3, -0.25) is 9.19 Å². The summed E-state index contributed by atoms with van der Waals surface area (Å²) in [5, 5.41) is 4.04. The van der Waals surface area contributed by atoms with E-state index in [0.717, 1.165) is 25.9 Å². The quantitative estimate of drug-likeness (QED) is 0.766. The Kier molecular flexibility index (Phi) is 3.21. The summed E-state index contributed by atoms with van der Waals surface area (Å²) in [6, 6.07) is 0. The van der Waals surface area contributed by atoms with Crippen LogP contribution in [0, 0.1) is 0 Å². The molecule has 1 aromatic heterocycles. The molecule has 5 heteroatoms. The molecule has 76 valence electrons. The van der Waals surface area contributed by atoms with Crippen molar-refractivity contribution in [3.63, 3.8) is 0 Å². The Morgan fingerprint density at radius 2 is 2.43 bits per heavy atom. The highest BCUT2D eigenvalue weighted by atomic mass is 32.2. The van der Waals surface area contributed by atoms with E-state index >= 15 is 0 Å². The molecule has 4 nitrogen and oxygen atoms in total. The first-order valence-corrected chi connectivity index (χ1v) is 5.96. The van der Waals surface area contributed by atoms with Crippen LogP contribution in [0.2, 0.25) is 0 Å².